The van der Waals surface area contributed by atoms with E-state index < -0.39 is 0 Å². The first kappa shape index (κ1) is 18.4. The monoisotopic (exact) mass is 281 g/mol. The molecule has 0 bridgehead atoms. The maximum absolute atomic E-state index is 11.8. The highest BCUT2D eigenvalue weighted by atomic mass is 16.5. The van der Waals surface area contributed by atoms with Gasteiger partial charge in [0.2, 0.25) is 5.91 Å². The van der Waals surface area contributed by atoms with E-state index in [0.29, 0.717) is 12.5 Å². The normalized spacial score (nSPS) is 13.7. The molecular formula is C16H27NO3. The molecule has 1 amide bonds. The Labute approximate surface area is 122 Å². The first-order chi connectivity index (χ1) is 9.27. The Morgan fingerprint density at radius 1 is 1.25 bits per heavy atom. The summed E-state index contributed by atoms with van der Waals surface area (Å²) in [7, 11) is 3.16. The number of carbonyl (C=O) groups excluding carboxylic acids is 2. The summed E-state index contributed by atoms with van der Waals surface area (Å²) >= 11 is 0. The molecule has 0 saturated heterocycles. The standard InChI is InChI=1S/C16H27NO3/c1-12(2)7-8-15(18)17(5)10-9-13(3)14(4)11-16(19)20-6/h7-8,11-13H,9-10H2,1-6H3/b8-7+,14-11+. The number of likely N-dealkylation sites (N-methyl/N-ethyl adjacent to an activating group) is 1. The van der Waals surface area contributed by atoms with Crippen molar-refractivity contribution in [3.05, 3.63) is 23.8 Å². The minimum absolute atomic E-state index is 0.0144. The Hall–Kier alpha value is -1.58. The lowest BCUT2D eigenvalue weighted by atomic mass is 9.98. The summed E-state index contributed by atoms with van der Waals surface area (Å²) in [6.07, 6.45) is 5.83. The third-order valence-electron chi connectivity index (χ3n) is 3.22. The van der Waals surface area contributed by atoms with Gasteiger partial charge in [-0.25, -0.2) is 4.79 Å². The number of hydrogen-bond acceptors (Lipinski definition) is 3. The smallest absolute Gasteiger partial charge is 0.330 e. The molecular weight excluding hydrogens is 254 g/mol. The van der Waals surface area contributed by atoms with E-state index in [0.717, 1.165) is 12.0 Å². The quantitative estimate of drug-likeness (QED) is 0.532. The third-order valence-corrected chi connectivity index (χ3v) is 3.22. The molecule has 0 radical (unpaired) electrons. The van der Waals surface area contributed by atoms with Crippen LogP contribution >= 0.6 is 0 Å². The van der Waals surface area contributed by atoms with Gasteiger partial charge in [0.05, 0.1) is 7.11 Å². The van der Waals surface area contributed by atoms with Gasteiger partial charge in [0, 0.05) is 19.7 Å². The van der Waals surface area contributed by atoms with Gasteiger partial charge in [-0.3, -0.25) is 4.79 Å². The molecule has 1 atom stereocenters. The molecule has 0 aromatic carbocycles. The van der Waals surface area contributed by atoms with E-state index >= 15 is 0 Å². The van der Waals surface area contributed by atoms with Crippen molar-refractivity contribution in [1.29, 1.82) is 0 Å². The molecule has 0 heterocycles. The molecule has 0 rings (SSSR count). The second-order valence-electron chi connectivity index (χ2n) is 5.46. The number of rotatable bonds is 7. The molecule has 0 fully saturated rings. The first-order valence-electron chi connectivity index (χ1n) is 6.97. The van der Waals surface area contributed by atoms with Gasteiger partial charge in [0.1, 0.15) is 0 Å². The van der Waals surface area contributed by atoms with E-state index in [2.05, 4.69) is 4.74 Å². The lowest BCUT2D eigenvalue weighted by molar-refractivity contribution is -0.135. The van der Waals surface area contributed by atoms with E-state index in [4.69, 9.17) is 0 Å². The van der Waals surface area contributed by atoms with Crippen molar-refractivity contribution < 1.29 is 14.3 Å². The average Bonchev–Trinajstić information content (AvgIpc) is 2.40. The van der Waals surface area contributed by atoms with E-state index in [1.165, 1.54) is 13.2 Å². The van der Waals surface area contributed by atoms with Crippen molar-refractivity contribution in [3.63, 3.8) is 0 Å². The molecule has 0 saturated carbocycles. The molecule has 0 aliphatic carbocycles. The van der Waals surface area contributed by atoms with Crippen LogP contribution < -0.4 is 0 Å². The van der Waals surface area contributed by atoms with Gasteiger partial charge < -0.3 is 9.64 Å². The molecule has 4 heteroatoms. The zero-order valence-electron chi connectivity index (χ0n) is 13.5. The van der Waals surface area contributed by atoms with Crippen LogP contribution in [0.2, 0.25) is 0 Å². The fourth-order valence-electron chi connectivity index (χ4n) is 1.51. The van der Waals surface area contributed by atoms with Gasteiger partial charge >= 0.3 is 5.97 Å². The Bertz CT molecular complexity index is 383. The lowest BCUT2D eigenvalue weighted by Crippen LogP contribution is -2.27. The van der Waals surface area contributed by atoms with Crippen molar-refractivity contribution >= 4 is 11.9 Å². The summed E-state index contributed by atoms with van der Waals surface area (Å²) < 4.78 is 4.60. The summed E-state index contributed by atoms with van der Waals surface area (Å²) in [5, 5.41) is 0. The van der Waals surface area contributed by atoms with Crippen molar-refractivity contribution in [2.24, 2.45) is 11.8 Å². The van der Waals surface area contributed by atoms with E-state index in [9.17, 15) is 9.59 Å². The van der Waals surface area contributed by atoms with E-state index in [-0.39, 0.29) is 17.8 Å². The van der Waals surface area contributed by atoms with Crippen LogP contribution in [0.25, 0.3) is 0 Å². The SMILES string of the molecule is COC(=O)/C=C(\C)C(C)CCN(C)C(=O)/C=C/C(C)C. The predicted molar refractivity (Wildman–Crippen MR) is 81.2 cm³/mol. The van der Waals surface area contributed by atoms with Crippen molar-refractivity contribution in [1.82, 2.24) is 4.90 Å². The first-order valence-corrected chi connectivity index (χ1v) is 6.97. The second-order valence-corrected chi connectivity index (χ2v) is 5.46. The molecule has 4 nitrogen and oxygen atoms in total. The van der Waals surface area contributed by atoms with Crippen LogP contribution in [0.4, 0.5) is 0 Å². The Morgan fingerprint density at radius 2 is 1.85 bits per heavy atom. The van der Waals surface area contributed by atoms with Crippen molar-refractivity contribution in [3.8, 4) is 0 Å². The van der Waals surface area contributed by atoms with Crippen molar-refractivity contribution in [2.45, 2.75) is 34.1 Å². The van der Waals surface area contributed by atoms with Crippen LogP contribution in [0.15, 0.2) is 23.8 Å². The molecule has 1 unspecified atom stereocenters. The summed E-state index contributed by atoms with van der Waals surface area (Å²) in [4.78, 5) is 24.6. The number of amides is 1. The minimum atomic E-state index is -0.335. The molecule has 0 spiro atoms. The number of hydrogen-bond donors (Lipinski definition) is 0. The highest BCUT2D eigenvalue weighted by molar-refractivity contribution is 5.87. The van der Waals surface area contributed by atoms with Crippen LogP contribution in [-0.2, 0) is 14.3 Å². The van der Waals surface area contributed by atoms with Gasteiger partial charge in [-0.1, -0.05) is 32.4 Å². The van der Waals surface area contributed by atoms with Crippen LogP contribution in [0.5, 0.6) is 0 Å². The minimum Gasteiger partial charge on any atom is -0.466 e. The fraction of sp³-hybridized carbons (Fsp3) is 0.625. The zero-order valence-corrected chi connectivity index (χ0v) is 13.5. The number of ether oxygens (including phenoxy) is 1. The van der Waals surface area contributed by atoms with Crippen LogP contribution in [0.3, 0.4) is 0 Å². The van der Waals surface area contributed by atoms with Gasteiger partial charge in [0.15, 0.2) is 0 Å². The average molecular weight is 281 g/mol. The summed E-state index contributed by atoms with van der Waals surface area (Å²) in [6, 6.07) is 0. The predicted octanol–water partition coefficient (Wildman–Crippen LogP) is 2.80. The van der Waals surface area contributed by atoms with E-state index in [1.54, 1.807) is 18.0 Å². The van der Waals surface area contributed by atoms with Crippen LogP contribution in [0, 0.1) is 11.8 Å². The lowest BCUT2D eigenvalue weighted by Gasteiger charge is -2.19. The third kappa shape index (κ3) is 7.77. The maximum Gasteiger partial charge on any atom is 0.330 e. The molecule has 0 aliphatic heterocycles. The molecule has 0 N–H and O–H groups in total. The highest BCUT2D eigenvalue weighted by Gasteiger charge is 2.10. The summed E-state index contributed by atoms with van der Waals surface area (Å²) in [5.41, 5.74) is 0.968. The number of methoxy groups -OCH3 is 1. The maximum atomic E-state index is 11.8. The summed E-state index contributed by atoms with van der Waals surface area (Å²) in [5.74, 6) is 0.286. The van der Waals surface area contributed by atoms with Gasteiger partial charge in [-0.15, -0.1) is 0 Å². The van der Waals surface area contributed by atoms with Gasteiger partial charge in [0.25, 0.3) is 0 Å². The topological polar surface area (TPSA) is 46.6 Å². The van der Waals surface area contributed by atoms with Gasteiger partial charge in [-0.2, -0.15) is 0 Å². The molecule has 114 valence electrons. The molecule has 0 aromatic heterocycles. The Balaban J connectivity index is 4.30. The van der Waals surface area contributed by atoms with E-state index in [1.807, 2.05) is 33.8 Å². The number of allylic oxidation sites excluding steroid dienone is 2. The number of nitrogens with zero attached hydrogens (tertiary/aromatic N) is 1. The Morgan fingerprint density at radius 3 is 2.35 bits per heavy atom. The number of carbonyl (C=O) groups is 2. The summed E-state index contributed by atoms with van der Waals surface area (Å²) in [6.45, 7) is 8.67. The van der Waals surface area contributed by atoms with Gasteiger partial charge in [-0.05, 0) is 31.3 Å². The largest absolute Gasteiger partial charge is 0.466 e. The zero-order chi connectivity index (χ0) is 15.7. The van der Waals surface area contributed by atoms with Crippen LogP contribution in [0.1, 0.15) is 34.1 Å². The number of esters is 1. The highest BCUT2D eigenvalue weighted by Crippen LogP contribution is 2.14. The molecule has 0 aliphatic rings. The fourth-order valence-corrected chi connectivity index (χ4v) is 1.51. The second kappa shape index (κ2) is 9.34. The Kier molecular flexibility index (Phi) is 8.61. The van der Waals surface area contributed by atoms with Crippen LogP contribution in [-0.4, -0.2) is 37.5 Å². The molecule has 20 heavy (non-hydrogen) atoms. The molecule has 0 aromatic rings. The van der Waals surface area contributed by atoms with Crippen molar-refractivity contribution in [2.75, 3.05) is 20.7 Å².